The lowest BCUT2D eigenvalue weighted by atomic mass is 9.96. The summed E-state index contributed by atoms with van der Waals surface area (Å²) in [5, 5.41) is 7.74. The molecule has 5 aromatic carbocycles. The third kappa shape index (κ3) is 5.94. The maximum Gasteiger partial charge on any atom is 0.282 e. The molecule has 0 unspecified atom stereocenters. The molecule has 0 atom stereocenters. The van der Waals surface area contributed by atoms with E-state index in [0.717, 1.165) is 38.8 Å². The average Bonchev–Trinajstić information content (AvgIpc) is 3.06. The zero-order valence-electron chi connectivity index (χ0n) is 26.4. The van der Waals surface area contributed by atoms with E-state index in [0.29, 0.717) is 45.4 Å². The van der Waals surface area contributed by atoms with Crippen molar-refractivity contribution in [3.63, 3.8) is 0 Å². The van der Waals surface area contributed by atoms with Crippen LogP contribution in [0.25, 0.3) is 33.1 Å². The topological polar surface area (TPSA) is 74.9 Å². The third-order valence-electron chi connectivity index (χ3n) is 8.02. The summed E-state index contributed by atoms with van der Waals surface area (Å²) in [5.41, 5.74) is 4.67. The van der Waals surface area contributed by atoms with Crippen LogP contribution in [0.2, 0.25) is 5.02 Å². The number of benzene rings is 5. The van der Waals surface area contributed by atoms with Gasteiger partial charge in [-0.15, -0.1) is 0 Å². The van der Waals surface area contributed by atoms with Gasteiger partial charge in [-0.2, -0.15) is 9.78 Å². The molecular weight excluding hydrogens is 598 g/mol. The smallest absolute Gasteiger partial charge is 0.282 e. The van der Waals surface area contributed by atoms with Crippen molar-refractivity contribution in [2.75, 3.05) is 14.2 Å². The highest BCUT2D eigenvalue weighted by molar-refractivity contribution is 6.32. The van der Waals surface area contributed by atoms with Gasteiger partial charge < -0.3 is 14.2 Å². The van der Waals surface area contributed by atoms with Crippen LogP contribution in [0.4, 0.5) is 0 Å². The van der Waals surface area contributed by atoms with Crippen LogP contribution in [-0.4, -0.2) is 30.1 Å². The number of ether oxygens (including phenoxy) is 3. The van der Waals surface area contributed by atoms with Gasteiger partial charge in [0.1, 0.15) is 12.4 Å². The van der Waals surface area contributed by atoms with Crippen molar-refractivity contribution in [2.45, 2.75) is 33.3 Å². The summed E-state index contributed by atoms with van der Waals surface area (Å²) in [6.07, 6.45) is 1.58. The minimum atomic E-state index is -0.286. The molecule has 0 N–H and O–H groups in total. The lowest BCUT2D eigenvalue weighted by Gasteiger charge is -2.17. The first-order valence-corrected chi connectivity index (χ1v) is 15.4. The number of para-hydroxylation sites is 1. The van der Waals surface area contributed by atoms with Crippen molar-refractivity contribution in [3.05, 3.63) is 129 Å². The summed E-state index contributed by atoms with van der Waals surface area (Å²) in [4.78, 5) is 18.8. The van der Waals surface area contributed by atoms with Crippen LogP contribution in [-0.2, 0) is 6.61 Å². The minimum Gasteiger partial charge on any atom is -0.496 e. The molecule has 0 aliphatic carbocycles. The number of fused-ring (bicyclic) bond motifs is 2. The second-order valence-electron chi connectivity index (χ2n) is 11.3. The Balaban J connectivity index is 1.40. The van der Waals surface area contributed by atoms with Crippen molar-refractivity contribution in [2.24, 2.45) is 5.10 Å². The zero-order chi connectivity index (χ0) is 32.4. The standard InChI is InChI=1S/C38H34ClN3O4/c1-23(2)30-20-31(24(3)17-34(30)44-4)37-41-33-16-9-8-15-29(33)38(43)42(37)40-21-25-18-32(39)36(35(19-25)45-5)46-22-27-13-10-12-26-11-6-7-14-28(26)27/h6-21,23H,22H2,1-5H3. The van der Waals surface area contributed by atoms with Crippen molar-refractivity contribution < 1.29 is 14.2 Å². The molecule has 0 amide bonds. The normalized spacial score (nSPS) is 11.5. The molecule has 0 fully saturated rings. The summed E-state index contributed by atoms with van der Waals surface area (Å²) in [6.45, 7) is 6.48. The first-order valence-electron chi connectivity index (χ1n) is 15.0. The number of aryl methyl sites for hydroxylation is 1. The molecule has 0 saturated carbocycles. The Morgan fingerprint density at radius 2 is 1.61 bits per heavy atom. The Bertz CT molecular complexity index is 2170. The van der Waals surface area contributed by atoms with E-state index in [1.807, 2.05) is 61.5 Å². The lowest BCUT2D eigenvalue weighted by molar-refractivity contribution is 0.286. The molecule has 232 valence electrons. The van der Waals surface area contributed by atoms with Crippen molar-refractivity contribution >= 4 is 39.5 Å². The van der Waals surface area contributed by atoms with Crippen LogP contribution in [0.5, 0.6) is 17.2 Å². The van der Waals surface area contributed by atoms with Crippen LogP contribution < -0.4 is 19.8 Å². The summed E-state index contributed by atoms with van der Waals surface area (Å²) >= 11 is 6.75. The van der Waals surface area contributed by atoms with Crippen LogP contribution >= 0.6 is 11.6 Å². The Kier molecular flexibility index (Phi) is 8.77. The molecule has 46 heavy (non-hydrogen) atoms. The number of aromatic nitrogens is 2. The summed E-state index contributed by atoms with van der Waals surface area (Å²) in [7, 11) is 3.22. The number of nitrogens with zero attached hydrogens (tertiary/aromatic N) is 3. The number of hydrogen-bond donors (Lipinski definition) is 0. The highest BCUT2D eigenvalue weighted by Crippen LogP contribution is 2.37. The number of hydrogen-bond acceptors (Lipinski definition) is 6. The van der Waals surface area contributed by atoms with Gasteiger partial charge in [0.15, 0.2) is 17.3 Å². The predicted octanol–water partition coefficient (Wildman–Crippen LogP) is 8.78. The summed E-state index contributed by atoms with van der Waals surface area (Å²) in [5.74, 6) is 2.28. The van der Waals surface area contributed by atoms with E-state index in [2.05, 4.69) is 37.1 Å². The second kappa shape index (κ2) is 13.1. The lowest BCUT2D eigenvalue weighted by Crippen LogP contribution is -2.20. The fourth-order valence-electron chi connectivity index (χ4n) is 5.62. The maximum atomic E-state index is 13.9. The molecule has 0 saturated heterocycles. The van der Waals surface area contributed by atoms with Gasteiger partial charge in [0.2, 0.25) is 0 Å². The average molecular weight is 632 g/mol. The quantitative estimate of drug-likeness (QED) is 0.149. The molecular formula is C38H34ClN3O4. The minimum absolute atomic E-state index is 0.189. The number of methoxy groups -OCH3 is 2. The fourth-order valence-corrected chi connectivity index (χ4v) is 5.89. The van der Waals surface area contributed by atoms with Gasteiger partial charge in [0, 0.05) is 5.56 Å². The van der Waals surface area contributed by atoms with E-state index in [-0.39, 0.29) is 11.5 Å². The Morgan fingerprint density at radius 1 is 0.891 bits per heavy atom. The maximum absolute atomic E-state index is 13.9. The summed E-state index contributed by atoms with van der Waals surface area (Å²) < 4.78 is 18.9. The van der Waals surface area contributed by atoms with Gasteiger partial charge in [-0.1, -0.05) is 80.0 Å². The van der Waals surface area contributed by atoms with Gasteiger partial charge in [0.05, 0.1) is 36.4 Å². The van der Waals surface area contributed by atoms with Gasteiger partial charge >= 0.3 is 0 Å². The van der Waals surface area contributed by atoms with Gasteiger partial charge in [-0.25, -0.2) is 4.98 Å². The highest BCUT2D eigenvalue weighted by Gasteiger charge is 2.19. The molecule has 6 rings (SSSR count). The van der Waals surface area contributed by atoms with E-state index in [1.54, 1.807) is 38.6 Å². The molecule has 1 aromatic heterocycles. The largest absolute Gasteiger partial charge is 0.496 e. The van der Waals surface area contributed by atoms with Gasteiger partial charge in [-0.05, 0) is 82.3 Å². The van der Waals surface area contributed by atoms with E-state index in [4.69, 9.17) is 30.8 Å². The van der Waals surface area contributed by atoms with Gasteiger partial charge in [-0.3, -0.25) is 4.79 Å². The fraction of sp³-hybridized carbons (Fsp3) is 0.184. The molecule has 0 aliphatic heterocycles. The van der Waals surface area contributed by atoms with Crippen molar-refractivity contribution in [3.8, 4) is 28.6 Å². The second-order valence-corrected chi connectivity index (χ2v) is 11.7. The monoisotopic (exact) mass is 631 g/mol. The van der Waals surface area contributed by atoms with E-state index in [9.17, 15) is 4.79 Å². The highest BCUT2D eigenvalue weighted by atomic mass is 35.5. The van der Waals surface area contributed by atoms with E-state index >= 15 is 0 Å². The Morgan fingerprint density at radius 3 is 2.37 bits per heavy atom. The number of halogens is 1. The third-order valence-corrected chi connectivity index (χ3v) is 8.30. The van der Waals surface area contributed by atoms with Crippen molar-refractivity contribution in [1.82, 2.24) is 9.66 Å². The van der Waals surface area contributed by atoms with E-state index < -0.39 is 0 Å². The molecule has 6 aromatic rings. The van der Waals surface area contributed by atoms with Crippen molar-refractivity contribution in [1.29, 1.82) is 0 Å². The van der Waals surface area contributed by atoms with Crippen LogP contribution in [0, 0.1) is 6.92 Å². The molecule has 1 heterocycles. The van der Waals surface area contributed by atoms with Crippen LogP contribution in [0.1, 0.15) is 42.0 Å². The SMILES string of the molecule is COc1cc(C)c(-c2nc3ccccc3c(=O)n2N=Cc2cc(Cl)c(OCc3cccc4ccccc34)c(OC)c2)cc1C(C)C. The summed E-state index contributed by atoms with van der Waals surface area (Å²) in [6, 6.07) is 29.1. The Labute approximate surface area is 272 Å². The van der Waals surface area contributed by atoms with E-state index in [1.165, 1.54) is 4.68 Å². The molecule has 8 heteroatoms. The molecule has 0 bridgehead atoms. The first-order chi connectivity index (χ1) is 22.3. The number of rotatable bonds is 9. The molecule has 7 nitrogen and oxygen atoms in total. The zero-order valence-corrected chi connectivity index (χ0v) is 27.1. The predicted molar refractivity (Wildman–Crippen MR) is 186 cm³/mol. The van der Waals surface area contributed by atoms with Crippen LogP contribution in [0.15, 0.2) is 101 Å². The molecule has 0 spiro atoms. The van der Waals surface area contributed by atoms with Gasteiger partial charge in [0.25, 0.3) is 5.56 Å². The molecule has 0 radical (unpaired) electrons. The van der Waals surface area contributed by atoms with Crippen LogP contribution in [0.3, 0.4) is 0 Å². The molecule has 0 aliphatic rings. The Hall–Kier alpha value is -5.14. The first kappa shape index (κ1) is 30.9.